The first-order chi connectivity index (χ1) is 12.1. The van der Waals surface area contributed by atoms with E-state index >= 15 is 0 Å². The summed E-state index contributed by atoms with van der Waals surface area (Å²) in [6.07, 6.45) is 0.401. The summed E-state index contributed by atoms with van der Waals surface area (Å²) in [6, 6.07) is 16.0. The molecule has 128 valence electrons. The predicted octanol–water partition coefficient (Wildman–Crippen LogP) is 2.25. The maximum absolute atomic E-state index is 11.8. The van der Waals surface area contributed by atoms with Crippen LogP contribution >= 0.6 is 0 Å². The van der Waals surface area contributed by atoms with E-state index in [1.165, 1.54) is 0 Å². The van der Waals surface area contributed by atoms with Crippen LogP contribution in [-0.2, 0) is 16.0 Å². The van der Waals surface area contributed by atoms with Gasteiger partial charge in [-0.15, -0.1) is 0 Å². The van der Waals surface area contributed by atoms with Crippen molar-refractivity contribution in [2.45, 2.75) is 12.8 Å². The number of ether oxygens (including phenoxy) is 1. The number of carbonyl (C=O) groups excluding carboxylic acids is 2. The van der Waals surface area contributed by atoms with Crippen LogP contribution in [0.2, 0.25) is 0 Å². The van der Waals surface area contributed by atoms with Crippen molar-refractivity contribution in [2.75, 3.05) is 19.0 Å². The quantitative estimate of drug-likeness (QED) is 0.758. The van der Waals surface area contributed by atoms with Gasteiger partial charge in [0.05, 0.1) is 18.7 Å². The lowest BCUT2D eigenvalue weighted by Gasteiger charge is -2.07. The summed E-state index contributed by atoms with van der Waals surface area (Å²) in [5.74, 6) is 0.0308. The molecule has 2 rings (SSSR count). The zero-order chi connectivity index (χ0) is 18.1. The van der Waals surface area contributed by atoms with Crippen molar-refractivity contribution in [3.8, 4) is 11.8 Å². The summed E-state index contributed by atoms with van der Waals surface area (Å²) >= 11 is 0. The van der Waals surface area contributed by atoms with E-state index in [9.17, 15) is 9.59 Å². The molecule has 0 heterocycles. The summed E-state index contributed by atoms with van der Waals surface area (Å²) in [4.78, 5) is 23.7. The van der Waals surface area contributed by atoms with Crippen molar-refractivity contribution in [3.63, 3.8) is 0 Å². The molecular formula is C19H19N3O3. The number of rotatable bonds is 7. The summed E-state index contributed by atoms with van der Waals surface area (Å²) in [7, 11) is 1.60. The number of nitriles is 1. The molecule has 2 amide bonds. The van der Waals surface area contributed by atoms with Crippen LogP contribution in [0.4, 0.5) is 5.69 Å². The zero-order valence-corrected chi connectivity index (χ0v) is 13.9. The van der Waals surface area contributed by atoms with Crippen molar-refractivity contribution in [1.29, 1.82) is 5.26 Å². The third-order valence-corrected chi connectivity index (χ3v) is 3.49. The molecule has 0 atom stereocenters. The maximum Gasteiger partial charge on any atom is 0.233 e. The number of anilines is 1. The monoisotopic (exact) mass is 337 g/mol. The van der Waals surface area contributed by atoms with Gasteiger partial charge in [-0.25, -0.2) is 0 Å². The Bertz CT molecular complexity index is 779. The molecule has 0 radical (unpaired) electrons. The van der Waals surface area contributed by atoms with Crippen molar-refractivity contribution < 1.29 is 14.3 Å². The second-order valence-electron chi connectivity index (χ2n) is 5.37. The largest absolute Gasteiger partial charge is 0.497 e. The highest BCUT2D eigenvalue weighted by Crippen LogP contribution is 2.12. The average molecular weight is 337 g/mol. The molecule has 0 unspecified atom stereocenters. The fourth-order valence-electron chi connectivity index (χ4n) is 2.22. The summed E-state index contributed by atoms with van der Waals surface area (Å²) < 4.78 is 5.15. The number of benzene rings is 2. The number of carbonyl (C=O) groups is 2. The number of methoxy groups -OCH3 is 1. The lowest BCUT2D eigenvalue weighted by atomic mass is 10.1. The Morgan fingerprint density at radius 1 is 1.12 bits per heavy atom. The second kappa shape index (κ2) is 9.08. The van der Waals surface area contributed by atoms with Crippen LogP contribution < -0.4 is 15.4 Å². The summed E-state index contributed by atoms with van der Waals surface area (Å²) in [6.45, 7) is 0.441. The molecule has 2 aromatic rings. The average Bonchev–Trinajstić information content (AvgIpc) is 2.62. The van der Waals surface area contributed by atoms with Gasteiger partial charge in [0.15, 0.2) is 0 Å². The first kappa shape index (κ1) is 18.0. The Labute approximate surface area is 146 Å². The summed E-state index contributed by atoms with van der Waals surface area (Å²) in [5.41, 5.74) is 2.10. The van der Waals surface area contributed by atoms with Gasteiger partial charge >= 0.3 is 0 Å². The van der Waals surface area contributed by atoms with Crippen molar-refractivity contribution >= 4 is 17.5 Å². The predicted molar refractivity (Wildman–Crippen MR) is 94.1 cm³/mol. The minimum absolute atomic E-state index is 0.252. The van der Waals surface area contributed by atoms with Crippen LogP contribution in [0.15, 0.2) is 48.5 Å². The molecular weight excluding hydrogens is 318 g/mol. The molecule has 25 heavy (non-hydrogen) atoms. The van der Waals surface area contributed by atoms with E-state index in [1.54, 1.807) is 31.4 Å². The van der Waals surface area contributed by atoms with E-state index in [2.05, 4.69) is 10.6 Å². The summed E-state index contributed by atoms with van der Waals surface area (Å²) in [5, 5.41) is 14.1. The van der Waals surface area contributed by atoms with Gasteiger partial charge in [0.2, 0.25) is 11.8 Å². The number of amides is 2. The van der Waals surface area contributed by atoms with Crippen LogP contribution in [0.5, 0.6) is 5.75 Å². The highest BCUT2D eigenvalue weighted by atomic mass is 16.5. The van der Waals surface area contributed by atoms with Crippen LogP contribution in [0, 0.1) is 11.3 Å². The molecule has 0 saturated heterocycles. The number of hydrogen-bond acceptors (Lipinski definition) is 4. The molecule has 6 heteroatoms. The van der Waals surface area contributed by atoms with Gasteiger partial charge in [-0.05, 0) is 48.4 Å². The Morgan fingerprint density at radius 3 is 2.56 bits per heavy atom. The fourth-order valence-corrected chi connectivity index (χ4v) is 2.22. The number of nitrogens with zero attached hydrogens (tertiary/aromatic N) is 1. The van der Waals surface area contributed by atoms with Gasteiger partial charge in [-0.2, -0.15) is 5.26 Å². The molecule has 0 aromatic heterocycles. The van der Waals surface area contributed by atoms with E-state index in [1.807, 2.05) is 30.3 Å². The van der Waals surface area contributed by atoms with Gasteiger partial charge in [0.25, 0.3) is 0 Å². The van der Waals surface area contributed by atoms with Crippen molar-refractivity contribution in [3.05, 3.63) is 59.7 Å². The first-order valence-corrected chi connectivity index (χ1v) is 7.80. The molecule has 2 N–H and O–H groups in total. The normalized spacial score (nSPS) is 9.76. The topological polar surface area (TPSA) is 91.2 Å². The van der Waals surface area contributed by atoms with Crippen LogP contribution in [-0.4, -0.2) is 25.5 Å². The number of hydrogen-bond donors (Lipinski definition) is 2. The van der Waals surface area contributed by atoms with Gasteiger partial charge in [-0.3, -0.25) is 9.59 Å². The molecule has 0 saturated carbocycles. The van der Waals surface area contributed by atoms with Crippen LogP contribution in [0.1, 0.15) is 17.5 Å². The second-order valence-corrected chi connectivity index (χ2v) is 5.37. The van der Waals surface area contributed by atoms with Gasteiger partial charge in [0, 0.05) is 12.2 Å². The van der Waals surface area contributed by atoms with Gasteiger partial charge in [-0.1, -0.05) is 12.1 Å². The van der Waals surface area contributed by atoms with Crippen LogP contribution in [0.3, 0.4) is 0 Å². The van der Waals surface area contributed by atoms with E-state index in [0.29, 0.717) is 24.2 Å². The van der Waals surface area contributed by atoms with Gasteiger partial charge < -0.3 is 15.4 Å². The Balaban J connectivity index is 1.73. The first-order valence-electron chi connectivity index (χ1n) is 7.80. The maximum atomic E-state index is 11.8. The highest BCUT2D eigenvalue weighted by molar-refractivity contribution is 6.03. The van der Waals surface area contributed by atoms with Crippen molar-refractivity contribution in [1.82, 2.24) is 5.32 Å². The Morgan fingerprint density at radius 2 is 1.88 bits per heavy atom. The van der Waals surface area contributed by atoms with E-state index in [-0.39, 0.29) is 12.3 Å². The molecule has 0 aliphatic heterocycles. The zero-order valence-electron chi connectivity index (χ0n) is 13.9. The highest BCUT2D eigenvalue weighted by Gasteiger charge is 2.09. The number of nitrogens with one attached hydrogen (secondary N) is 2. The molecule has 6 nitrogen and oxygen atoms in total. The van der Waals surface area contributed by atoms with E-state index in [0.717, 1.165) is 11.3 Å². The Hall–Kier alpha value is -3.33. The van der Waals surface area contributed by atoms with E-state index in [4.69, 9.17) is 10.00 Å². The van der Waals surface area contributed by atoms with Crippen molar-refractivity contribution in [2.24, 2.45) is 0 Å². The van der Waals surface area contributed by atoms with Gasteiger partial charge in [0.1, 0.15) is 12.2 Å². The molecule has 0 aliphatic rings. The smallest absolute Gasteiger partial charge is 0.233 e. The SMILES string of the molecule is COc1cccc(CCNC(=O)CC(=O)Nc2ccc(C#N)cc2)c1. The lowest BCUT2D eigenvalue weighted by Crippen LogP contribution is -2.29. The molecule has 2 aromatic carbocycles. The lowest BCUT2D eigenvalue weighted by molar-refractivity contribution is -0.126. The molecule has 0 fully saturated rings. The molecule has 0 bridgehead atoms. The van der Waals surface area contributed by atoms with Crippen LogP contribution in [0.25, 0.3) is 0 Å². The Kier molecular flexibility index (Phi) is 6.55. The fraction of sp³-hybridized carbons (Fsp3) is 0.211. The van der Waals surface area contributed by atoms with E-state index < -0.39 is 5.91 Å². The molecule has 0 aliphatic carbocycles. The minimum atomic E-state index is -0.399. The minimum Gasteiger partial charge on any atom is -0.497 e. The standard InChI is InChI=1S/C19H19N3O3/c1-25-17-4-2-3-14(11-17)9-10-21-18(23)12-19(24)22-16-7-5-15(13-20)6-8-16/h2-8,11H,9-10,12H2,1H3,(H,21,23)(H,22,24). The molecule has 0 spiro atoms. The third-order valence-electron chi connectivity index (χ3n) is 3.49. The third kappa shape index (κ3) is 5.99.